The van der Waals surface area contributed by atoms with Gasteiger partial charge in [0.05, 0.1) is 19.8 Å². The molecular weight excluding hydrogens is 206 g/mol. The van der Waals surface area contributed by atoms with Gasteiger partial charge in [0.1, 0.15) is 0 Å². The van der Waals surface area contributed by atoms with Gasteiger partial charge in [0.2, 0.25) is 5.91 Å². The average molecular weight is 229 g/mol. The van der Waals surface area contributed by atoms with E-state index in [0.29, 0.717) is 32.8 Å². The second-order valence-electron chi connectivity index (χ2n) is 3.72. The molecule has 0 aromatic rings. The van der Waals surface area contributed by atoms with E-state index in [1.165, 1.54) is 0 Å². The molecule has 1 amide bonds. The van der Waals surface area contributed by atoms with E-state index >= 15 is 0 Å². The Morgan fingerprint density at radius 2 is 2.00 bits per heavy atom. The lowest BCUT2D eigenvalue weighted by molar-refractivity contribution is -0.122. The van der Waals surface area contributed by atoms with Crippen molar-refractivity contribution in [1.29, 1.82) is 0 Å². The third kappa shape index (κ3) is 11.2. The first-order chi connectivity index (χ1) is 7.66. The molecule has 0 aromatic carbocycles. The second-order valence-corrected chi connectivity index (χ2v) is 3.72. The van der Waals surface area contributed by atoms with Crippen LogP contribution in [0.25, 0.3) is 0 Å². The van der Waals surface area contributed by atoms with Crippen LogP contribution in [0, 0.1) is 0 Å². The van der Waals surface area contributed by atoms with Crippen molar-refractivity contribution in [3.05, 3.63) is 12.2 Å². The van der Waals surface area contributed by atoms with Crippen molar-refractivity contribution >= 4 is 5.91 Å². The van der Waals surface area contributed by atoms with Crippen molar-refractivity contribution in [1.82, 2.24) is 5.32 Å². The number of amides is 1. The Balaban J connectivity index is 3.20. The minimum Gasteiger partial charge on any atom is -0.381 e. The van der Waals surface area contributed by atoms with Gasteiger partial charge in [-0.15, -0.1) is 0 Å². The van der Waals surface area contributed by atoms with Crippen LogP contribution in [-0.4, -0.2) is 38.9 Å². The van der Waals surface area contributed by atoms with Gasteiger partial charge in [-0.3, -0.25) is 4.79 Å². The molecule has 0 aliphatic carbocycles. The van der Waals surface area contributed by atoms with Gasteiger partial charge in [-0.25, -0.2) is 0 Å². The van der Waals surface area contributed by atoms with E-state index in [1.807, 2.05) is 13.8 Å². The molecule has 1 N–H and O–H groups in total. The van der Waals surface area contributed by atoms with E-state index in [2.05, 4.69) is 11.9 Å². The van der Waals surface area contributed by atoms with Crippen molar-refractivity contribution in [2.75, 3.05) is 33.0 Å². The monoisotopic (exact) mass is 229 g/mol. The van der Waals surface area contributed by atoms with Gasteiger partial charge in [-0.05, 0) is 13.3 Å². The van der Waals surface area contributed by atoms with Gasteiger partial charge in [0.15, 0.2) is 0 Å². The van der Waals surface area contributed by atoms with Crippen molar-refractivity contribution in [2.45, 2.75) is 26.7 Å². The molecule has 0 bridgehead atoms. The van der Waals surface area contributed by atoms with Crippen LogP contribution in [0.4, 0.5) is 0 Å². The van der Waals surface area contributed by atoms with Crippen LogP contribution >= 0.6 is 0 Å². The Morgan fingerprint density at radius 1 is 1.25 bits per heavy atom. The maximum absolute atomic E-state index is 11.2. The molecule has 0 saturated heterocycles. The summed E-state index contributed by atoms with van der Waals surface area (Å²) in [7, 11) is 0. The Morgan fingerprint density at radius 3 is 2.62 bits per heavy atom. The first-order valence-electron chi connectivity index (χ1n) is 5.73. The first-order valence-corrected chi connectivity index (χ1v) is 5.73. The SMILES string of the molecule is C=C(C)COCCNC(=O)CCOCCC. The van der Waals surface area contributed by atoms with Gasteiger partial charge in [0.25, 0.3) is 0 Å². The van der Waals surface area contributed by atoms with Crippen molar-refractivity contribution in [3.8, 4) is 0 Å². The van der Waals surface area contributed by atoms with Gasteiger partial charge in [0, 0.05) is 19.6 Å². The van der Waals surface area contributed by atoms with Crippen LogP contribution in [0.5, 0.6) is 0 Å². The van der Waals surface area contributed by atoms with Crippen molar-refractivity contribution < 1.29 is 14.3 Å². The molecule has 0 radical (unpaired) electrons. The second kappa shape index (κ2) is 10.6. The van der Waals surface area contributed by atoms with Crippen molar-refractivity contribution in [3.63, 3.8) is 0 Å². The van der Waals surface area contributed by atoms with E-state index in [9.17, 15) is 4.79 Å². The van der Waals surface area contributed by atoms with Gasteiger partial charge in [-0.1, -0.05) is 19.1 Å². The number of hydrogen-bond acceptors (Lipinski definition) is 3. The summed E-state index contributed by atoms with van der Waals surface area (Å²) in [4.78, 5) is 11.2. The summed E-state index contributed by atoms with van der Waals surface area (Å²) in [6, 6.07) is 0. The Labute approximate surface area is 98.0 Å². The van der Waals surface area contributed by atoms with E-state index in [-0.39, 0.29) is 5.91 Å². The van der Waals surface area contributed by atoms with Crippen LogP contribution < -0.4 is 5.32 Å². The summed E-state index contributed by atoms with van der Waals surface area (Å²) in [6.07, 6.45) is 1.40. The molecule has 0 aliphatic heterocycles. The lowest BCUT2D eigenvalue weighted by Gasteiger charge is -2.06. The van der Waals surface area contributed by atoms with Crippen LogP contribution in [-0.2, 0) is 14.3 Å². The summed E-state index contributed by atoms with van der Waals surface area (Å²) in [5.74, 6) is 0.00929. The van der Waals surface area contributed by atoms with Gasteiger partial charge in [-0.2, -0.15) is 0 Å². The molecule has 0 aromatic heterocycles. The van der Waals surface area contributed by atoms with E-state index in [1.54, 1.807) is 0 Å². The molecular formula is C12H23NO3. The van der Waals surface area contributed by atoms with Crippen LogP contribution in [0.3, 0.4) is 0 Å². The highest BCUT2D eigenvalue weighted by Gasteiger charge is 1.99. The highest BCUT2D eigenvalue weighted by molar-refractivity contribution is 5.75. The molecule has 0 heterocycles. The number of hydrogen-bond donors (Lipinski definition) is 1. The number of nitrogens with one attached hydrogen (secondary N) is 1. The third-order valence-corrected chi connectivity index (χ3v) is 1.74. The minimum atomic E-state index is 0.00929. The number of ether oxygens (including phenoxy) is 2. The summed E-state index contributed by atoms with van der Waals surface area (Å²) in [5, 5.41) is 2.76. The molecule has 0 aliphatic rings. The largest absolute Gasteiger partial charge is 0.381 e. The minimum absolute atomic E-state index is 0.00929. The van der Waals surface area contributed by atoms with E-state index in [4.69, 9.17) is 9.47 Å². The average Bonchev–Trinajstić information content (AvgIpc) is 2.23. The zero-order chi connectivity index (χ0) is 12.2. The Bertz CT molecular complexity index is 204. The molecule has 4 heteroatoms. The fourth-order valence-corrected chi connectivity index (χ4v) is 1.01. The molecule has 0 spiro atoms. The summed E-state index contributed by atoms with van der Waals surface area (Å²) in [6.45, 7) is 10.5. The number of carbonyl (C=O) groups excluding carboxylic acids is 1. The Hall–Kier alpha value is -0.870. The highest BCUT2D eigenvalue weighted by atomic mass is 16.5. The maximum atomic E-state index is 11.2. The normalized spacial score (nSPS) is 10.1. The lowest BCUT2D eigenvalue weighted by Crippen LogP contribution is -2.28. The quantitative estimate of drug-likeness (QED) is 0.456. The summed E-state index contributed by atoms with van der Waals surface area (Å²) >= 11 is 0. The smallest absolute Gasteiger partial charge is 0.222 e. The van der Waals surface area contributed by atoms with Crippen LogP contribution in [0.1, 0.15) is 26.7 Å². The summed E-state index contributed by atoms with van der Waals surface area (Å²) < 4.78 is 10.5. The zero-order valence-electron chi connectivity index (χ0n) is 10.4. The molecule has 0 atom stereocenters. The molecule has 0 rings (SSSR count). The number of rotatable bonds is 10. The predicted molar refractivity (Wildman–Crippen MR) is 64.4 cm³/mol. The standard InChI is InChI=1S/C12H23NO3/c1-4-7-15-8-5-12(14)13-6-9-16-10-11(2)3/h2,4-10H2,1,3H3,(H,13,14). The number of carbonyl (C=O) groups is 1. The fraction of sp³-hybridized carbons (Fsp3) is 0.750. The fourth-order valence-electron chi connectivity index (χ4n) is 1.01. The molecule has 0 saturated carbocycles. The van der Waals surface area contributed by atoms with E-state index in [0.717, 1.165) is 18.6 Å². The van der Waals surface area contributed by atoms with E-state index < -0.39 is 0 Å². The third-order valence-electron chi connectivity index (χ3n) is 1.74. The maximum Gasteiger partial charge on any atom is 0.222 e. The van der Waals surface area contributed by atoms with Gasteiger partial charge < -0.3 is 14.8 Å². The predicted octanol–water partition coefficient (Wildman–Crippen LogP) is 1.51. The highest BCUT2D eigenvalue weighted by Crippen LogP contribution is 1.88. The first kappa shape index (κ1) is 15.1. The van der Waals surface area contributed by atoms with Crippen LogP contribution in [0.15, 0.2) is 12.2 Å². The molecule has 16 heavy (non-hydrogen) atoms. The summed E-state index contributed by atoms with van der Waals surface area (Å²) in [5.41, 5.74) is 0.985. The lowest BCUT2D eigenvalue weighted by atomic mass is 10.4. The van der Waals surface area contributed by atoms with Crippen molar-refractivity contribution in [2.24, 2.45) is 0 Å². The molecule has 4 nitrogen and oxygen atoms in total. The molecule has 0 unspecified atom stereocenters. The Kier molecular flexibility index (Phi) is 10.1. The topological polar surface area (TPSA) is 47.6 Å². The van der Waals surface area contributed by atoms with Crippen LogP contribution in [0.2, 0.25) is 0 Å². The molecule has 0 fully saturated rings. The van der Waals surface area contributed by atoms with Gasteiger partial charge >= 0.3 is 0 Å². The molecule has 94 valence electrons. The zero-order valence-corrected chi connectivity index (χ0v) is 10.4.